The summed E-state index contributed by atoms with van der Waals surface area (Å²) < 4.78 is 27.6. The molecule has 0 radical (unpaired) electrons. The first-order valence-corrected chi connectivity index (χ1v) is 12.9. The third-order valence-corrected chi connectivity index (χ3v) is 6.05. The van der Waals surface area contributed by atoms with Crippen LogP contribution in [0.25, 0.3) is 5.69 Å². The van der Waals surface area contributed by atoms with Gasteiger partial charge in [0.1, 0.15) is 29.5 Å². The Morgan fingerprint density at radius 3 is 2.52 bits per heavy atom. The van der Waals surface area contributed by atoms with Gasteiger partial charge in [0, 0.05) is 17.8 Å². The highest BCUT2D eigenvalue weighted by molar-refractivity contribution is 5.95. The number of nitrogens with one attached hydrogen (secondary N) is 3. The highest BCUT2D eigenvalue weighted by Crippen LogP contribution is 2.34. The molecule has 210 valence electrons. The number of hydrogen-bond donors (Lipinski definition) is 4. The molecule has 0 spiro atoms. The number of para-hydroxylation sites is 1. The van der Waals surface area contributed by atoms with Crippen LogP contribution in [0, 0.1) is 11.2 Å². The van der Waals surface area contributed by atoms with Crippen LogP contribution in [0.15, 0.2) is 71.5 Å². The Hall–Kier alpha value is -4.64. The molecule has 2 unspecified atom stereocenters. The van der Waals surface area contributed by atoms with Crippen molar-refractivity contribution in [3.05, 3.63) is 100.0 Å². The summed E-state index contributed by atoms with van der Waals surface area (Å²) in [4.78, 5) is 17.7. The fourth-order valence-electron chi connectivity index (χ4n) is 4.32. The van der Waals surface area contributed by atoms with Crippen LogP contribution in [-0.4, -0.2) is 58.9 Å². The molecule has 5 N–H and O–H groups in total. The summed E-state index contributed by atoms with van der Waals surface area (Å²) in [6.07, 6.45) is -0.0819. The Bertz CT molecular complexity index is 1510. The van der Waals surface area contributed by atoms with E-state index in [4.69, 9.17) is 20.6 Å². The third kappa shape index (κ3) is 6.67. The first-order chi connectivity index (χ1) is 19.2. The van der Waals surface area contributed by atoms with Crippen LogP contribution in [0.2, 0.25) is 0 Å². The van der Waals surface area contributed by atoms with Crippen molar-refractivity contribution in [1.82, 2.24) is 19.7 Å². The maximum absolute atomic E-state index is 14.5. The van der Waals surface area contributed by atoms with Crippen molar-refractivity contribution in [2.45, 2.75) is 26.0 Å². The van der Waals surface area contributed by atoms with E-state index in [1.54, 1.807) is 36.4 Å². The van der Waals surface area contributed by atoms with Gasteiger partial charge in [0.25, 0.3) is 0 Å². The summed E-state index contributed by atoms with van der Waals surface area (Å²) in [5.74, 6) is 0.784. The Morgan fingerprint density at radius 2 is 1.88 bits per heavy atom. The van der Waals surface area contributed by atoms with Crippen molar-refractivity contribution < 1.29 is 13.9 Å². The lowest BCUT2D eigenvalue weighted by Gasteiger charge is -2.23. The van der Waals surface area contributed by atoms with Crippen LogP contribution in [0.5, 0.6) is 11.5 Å². The average Bonchev–Trinajstić information content (AvgIpc) is 3.29. The molecule has 1 aromatic heterocycles. The quantitative estimate of drug-likeness (QED) is 0.156. The number of amidine groups is 1. The SMILES string of the molecule is CCOc1cc(C(Nc2ccc(C(=N)N)cc2)c2nn(-c3ccccc3F)c(=O)[nH]2)ccc1OC(C)CN(C)C. The standard InChI is InChI=1S/C29H34FN7O3/c1-5-39-25-16-20(12-15-24(25)40-18(2)17-36(3)4)26(33-21-13-10-19(11-14-21)27(31)32)28-34-29(38)37(35-28)23-9-7-6-8-22(23)30/h6-16,18,26,33H,5,17H2,1-4H3,(H3,31,32)(H,34,35,38). The number of benzene rings is 3. The van der Waals surface area contributed by atoms with Gasteiger partial charge in [-0.2, -0.15) is 4.68 Å². The number of aromatic nitrogens is 3. The first kappa shape index (κ1) is 28.4. The Morgan fingerprint density at radius 1 is 1.15 bits per heavy atom. The summed E-state index contributed by atoms with van der Waals surface area (Å²) in [6, 6.07) is 17.8. The van der Waals surface area contributed by atoms with Crippen molar-refractivity contribution in [3.63, 3.8) is 0 Å². The molecule has 0 saturated carbocycles. The average molecular weight is 548 g/mol. The molecule has 0 aliphatic carbocycles. The normalized spacial score (nSPS) is 12.7. The number of rotatable bonds is 12. The van der Waals surface area contributed by atoms with Gasteiger partial charge in [-0.3, -0.25) is 10.4 Å². The first-order valence-electron chi connectivity index (χ1n) is 12.9. The van der Waals surface area contributed by atoms with Gasteiger partial charge in [-0.1, -0.05) is 18.2 Å². The molecular weight excluding hydrogens is 513 g/mol. The number of anilines is 1. The molecule has 4 rings (SSSR count). The van der Waals surface area contributed by atoms with Crippen molar-refractivity contribution in [3.8, 4) is 17.2 Å². The minimum absolute atomic E-state index is 0.0354. The van der Waals surface area contributed by atoms with Gasteiger partial charge in [0.2, 0.25) is 0 Å². The van der Waals surface area contributed by atoms with E-state index in [0.717, 1.165) is 16.8 Å². The minimum Gasteiger partial charge on any atom is -0.490 e. The van der Waals surface area contributed by atoms with Gasteiger partial charge in [-0.15, -0.1) is 5.10 Å². The minimum atomic E-state index is -0.656. The zero-order valence-corrected chi connectivity index (χ0v) is 22.9. The lowest BCUT2D eigenvalue weighted by Crippen LogP contribution is -2.28. The van der Waals surface area contributed by atoms with Gasteiger partial charge >= 0.3 is 5.69 Å². The molecule has 3 aromatic carbocycles. The molecule has 2 atom stereocenters. The van der Waals surface area contributed by atoms with Gasteiger partial charge in [0.05, 0.1) is 6.61 Å². The number of nitrogens with two attached hydrogens (primary N) is 1. The number of likely N-dealkylation sites (N-methyl/N-ethyl adjacent to an activating group) is 1. The van der Waals surface area contributed by atoms with E-state index in [1.807, 2.05) is 51.0 Å². The Kier molecular flexibility index (Phi) is 8.85. The van der Waals surface area contributed by atoms with E-state index < -0.39 is 17.5 Å². The predicted molar refractivity (Wildman–Crippen MR) is 153 cm³/mol. The van der Waals surface area contributed by atoms with E-state index >= 15 is 0 Å². The largest absolute Gasteiger partial charge is 0.490 e. The van der Waals surface area contributed by atoms with Crippen LogP contribution < -0.4 is 26.2 Å². The summed E-state index contributed by atoms with van der Waals surface area (Å²) >= 11 is 0. The van der Waals surface area contributed by atoms with Crippen LogP contribution >= 0.6 is 0 Å². The number of ether oxygens (including phenoxy) is 2. The van der Waals surface area contributed by atoms with Crippen molar-refractivity contribution >= 4 is 11.5 Å². The molecule has 0 saturated heterocycles. The van der Waals surface area contributed by atoms with Crippen molar-refractivity contribution in [2.75, 3.05) is 32.6 Å². The second-order valence-corrected chi connectivity index (χ2v) is 9.58. The number of aromatic amines is 1. The lowest BCUT2D eigenvalue weighted by molar-refractivity contribution is 0.168. The van der Waals surface area contributed by atoms with E-state index in [1.165, 1.54) is 12.1 Å². The molecule has 0 aliphatic heterocycles. The van der Waals surface area contributed by atoms with Crippen molar-refractivity contribution in [1.29, 1.82) is 5.41 Å². The number of hydrogen-bond acceptors (Lipinski definition) is 7. The molecule has 0 aliphatic rings. The van der Waals surface area contributed by atoms with E-state index in [-0.39, 0.29) is 23.5 Å². The number of halogens is 1. The number of H-pyrrole nitrogens is 1. The van der Waals surface area contributed by atoms with Gasteiger partial charge in [0.15, 0.2) is 17.3 Å². The van der Waals surface area contributed by atoms with Crippen LogP contribution in [0.3, 0.4) is 0 Å². The molecule has 0 bridgehead atoms. The highest BCUT2D eigenvalue weighted by Gasteiger charge is 2.23. The van der Waals surface area contributed by atoms with Crippen LogP contribution in [0.1, 0.15) is 36.8 Å². The predicted octanol–water partition coefficient (Wildman–Crippen LogP) is 3.91. The third-order valence-electron chi connectivity index (χ3n) is 6.05. The summed E-state index contributed by atoms with van der Waals surface area (Å²) in [6.45, 7) is 5.02. The Labute approximate surface area is 232 Å². The fourth-order valence-corrected chi connectivity index (χ4v) is 4.32. The summed E-state index contributed by atoms with van der Waals surface area (Å²) in [5.41, 5.74) is 7.05. The van der Waals surface area contributed by atoms with Crippen LogP contribution in [-0.2, 0) is 0 Å². The molecule has 0 amide bonds. The number of nitrogen functional groups attached to an aromatic ring is 1. The molecule has 1 heterocycles. The molecular formula is C29H34FN7O3. The van der Waals surface area contributed by atoms with E-state index in [0.29, 0.717) is 29.4 Å². The summed E-state index contributed by atoms with van der Waals surface area (Å²) in [5, 5.41) is 15.5. The van der Waals surface area contributed by atoms with Crippen LogP contribution in [0.4, 0.5) is 10.1 Å². The molecule has 10 nitrogen and oxygen atoms in total. The van der Waals surface area contributed by atoms with E-state index in [9.17, 15) is 9.18 Å². The summed E-state index contributed by atoms with van der Waals surface area (Å²) in [7, 11) is 3.96. The molecule has 40 heavy (non-hydrogen) atoms. The highest BCUT2D eigenvalue weighted by atomic mass is 19.1. The molecule has 11 heteroatoms. The van der Waals surface area contributed by atoms with Crippen molar-refractivity contribution in [2.24, 2.45) is 5.73 Å². The second kappa shape index (κ2) is 12.5. The molecule has 4 aromatic rings. The topological polar surface area (TPSA) is 134 Å². The smallest absolute Gasteiger partial charge is 0.348 e. The Balaban J connectivity index is 1.77. The number of nitrogens with zero attached hydrogens (tertiary/aromatic N) is 3. The monoisotopic (exact) mass is 547 g/mol. The van der Waals surface area contributed by atoms with Gasteiger partial charge in [-0.25, -0.2) is 9.18 Å². The maximum Gasteiger partial charge on any atom is 0.348 e. The molecule has 0 fully saturated rings. The van der Waals surface area contributed by atoms with E-state index in [2.05, 4.69) is 15.4 Å². The van der Waals surface area contributed by atoms with Gasteiger partial charge < -0.3 is 25.4 Å². The van der Waals surface area contributed by atoms with Gasteiger partial charge in [-0.05, 0) is 82.0 Å². The fraction of sp³-hybridized carbons (Fsp3) is 0.276. The maximum atomic E-state index is 14.5. The zero-order chi connectivity index (χ0) is 28.8. The lowest BCUT2D eigenvalue weighted by atomic mass is 10.0. The zero-order valence-electron chi connectivity index (χ0n) is 22.9. The second-order valence-electron chi connectivity index (χ2n) is 9.58.